The molecule has 2 unspecified atom stereocenters. The molecule has 0 nitrogen and oxygen atoms in total. The zero-order valence-electron chi connectivity index (χ0n) is 6.47. The fourth-order valence-corrected chi connectivity index (χ4v) is 2.26. The van der Waals surface area contributed by atoms with Gasteiger partial charge >= 0.3 is 0 Å². The van der Waals surface area contributed by atoms with Crippen molar-refractivity contribution in [2.75, 3.05) is 0 Å². The van der Waals surface area contributed by atoms with E-state index in [2.05, 4.69) is 12.8 Å². The van der Waals surface area contributed by atoms with Crippen LogP contribution >= 0.6 is 0 Å². The average molecular weight is 135 g/mol. The van der Waals surface area contributed by atoms with Gasteiger partial charge in [0.15, 0.2) is 0 Å². The Morgan fingerprint density at radius 2 is 2.30 bits per heavy atom. The van der Waals surface area contributed by atoms with Crippen LogP contribution in [0.3, 0.4) is 0 Å². The molecule has 0 bridgehead atoms. The molecule has 0 heteroatoms. The van der Waals surface area contributed by atoms with Crippen LogP contribution in [0.5, 0.6) is 0 Å². The second-order valence-electron chi connectivity index (χ2n) is 3.56. The Morgan fingerprint density at radius 1 is 1.30 bits per heavy atom. The third-order valence-electron chi connectivity index (χ3n) is 2.88. The van der Waals surface area contributed by atoms with Crippen molar-refractivity contribution in [2.45, 2.75) is 38.5 Å². The van der Waals surface area contributed by atoms with E-state index in [1.807, 2.05) is 0 Å². The van der Waals surface area contributed by atoms with Gasteiger partial charge in [-0.15, -0.1) is 0 Å². The van der Waals surface area contributed by atoms with Crippen LogP contribution in [0.2, 0.25) is 0 Å². The molecule has 3 radical (unpaired) electrons. The van der Waals surface area contributed by atoms with Crippen LogP contribution in [-0.2, 0) is 0 Å². The first-order valence-electron chi connectivity index (χ1n) is 4.52. The summed E-state index contributed by atoms with van der Waals surface area (Å²) in [4.78, 5) is 0. The third kappa shape index (κ3) is 1.21. The van der Waals surface area contributed by atoms with E-state index in [4.69, 9.17) is 0 Å². The lowest BCUT2D eigenvalue weighted by Gasteiger charge is -2.15. The average Bonchev–Trinajstić information content (AvgIpc) is 2.59. The molecule has 2 rings (SSSR count). The van der Waals surface area contributed by atoms with Gasteiger partial charge in [-0.1, -0.05) is 6.42 Å². The molecule has 2 saturated carbocycles. The molecule has 0 aromatic heterocycles. The fraction of sp³-hybridized carbons (Fsp3) is 0.800. The molecule has 55 valence electrons. The summed E-state index contributed by atoms with van der Waals surface area (Å²) < 4.78 is 0. The van der Waals surface area contributed by atoms with Gasteiger partial charge in [0.1, 0.15) is 0 Å². The lowest BCUT2D eigenvalue weighted by Crippen LogP contribution is -2.06. The molecule has 0 N–H and O–H groups in total. The van der Waals surface area contributed by atoms with Crippen molar-refractivity contribution in [1.82, 2.24) is 0 Å². The predicted molar refractivity (Wildman–Crippen MR) is 42.2 cm³/mol. The summed E-state index contributed by atoms with van der Waals surface area (Å²) in [7, 11) is 0. The summed E-state index contributed by atoms with van der Waals surface area (Å²) in [5.41, 5.74) is 0. The van der Waals surface area contributed by atoms with E-state index in [-0.39, 0.29) is 0 Å². The summed E-state index contributed by atoms with van der Waals surface area (Å²) in [6.45, 7) is 0. The Kier molecular flexibility index (Phi) is 1.97. The monoisotopic (exact) mass is 135 g/mol. The van der Waals surface area contributed by atoms with Gasteiger partial charge in [-0.25, -0.2) is 0 Å². The van der Waals surface area contributed by atoms with Crippen LogP contribution in [0.1, 0.15) is 38.5 Å². The molecular weight excluding hydrogens is 120 g/mol. The SMILES string of the molecule is [C]1CCCC1C1C[CH]CC1. The lowest BCUT2D eigenvalue weighted by molar-refractivity contribution is 0.396. The molecule has 0 aromatic carbocycles. The van der Waals surface area contributed by atoms with E-state index in [0.29, 0.717) is 0 Å². The highest BCUT2D eigenvalue weighted by molar-refractivity contribution is 4.93. The van der Waals surface area contributed by atoms with Gasteiger partial charge in [0.2, 0.25) is 0 Å². The van der Waals surface area contributed by atoms with Gasteiger partial charge in [-0.3, -0.25) is 0 Å². The van der Waals surface area contributed by atoms with Crippen LogP contribution in [0, 0.1) is 24.7 Å². The highest BCUT2D eigenvalue weighted by Gasteiger charge is 2.27. The van der Waals surface area contributed by atoms with Crippen molar-refractivity contribution in [1.29, 1.82) is 0 Å². The van der Waals surface area contributed by atoms with E-state index >= 15 is 0 Å². The Bertz CT molecular complexity index is 80.6. The first-order chi connectivity index (χ1) is 4.97. The second kappa shape index (κ2) is 2.94. The maximum Gasteiger partial charge on any atom is -0.0137 e. The summed E-state index contributed by atoms with van der Waals surface area (Å²) in [6.07, 6.45) is 14.3. The van der Waals surface area contributed by atoms with Gasteiger partial charge in [0.05, 0.1) is 0 Å². The van der Waals surface area contributed by atoms with Gasteiger partial charge in [0, 0.05) is 0 Å². The maximum absolute atomic E-state index is 3.58. The molecule has 2 atom stereocenters. The summed E-state index contributed by atoms with van der Waals surface area (Å²) >= 11 is 0. The van der Waals surface area contributed by atoms with Crippen molar-refractivity contribution >= 4 is 0 Å². The first kappa shape index (κ1) is 6.69. The Labute approximate surface area is 64.0 Å². The largest absolute Gasteiger partial charge is 0.0524 e. The van der Waals surface area contributed by atoms with Crippen molar-refractivity contribution in [2.24, 2.45) is 11.8 Å². The van der Waals surface area contributed by atoms with E-state index in [9.17, 15) is 0 Å². The van der Waals surface area contributed by atoms with Crippen molar-refractivity contribution in [3.63, 3.8) is 0 Å². The molecule has 2 aliphatic carbocycles. The molecule has 2 aliphatic rings. The van der Waals surface area contributed by atoms with Crippen molar-refractivity contribution < 1.29 is 0 Å². The van der Waals surface area contributed by atoms with Crippen molar-refractivity contribution in [3.8, 4) is 0 Å². The van der Waals surface area contributed by atoms with Crippen LogP contribution in [0.15, 0.2) is 0 Å². The first-order valence-corrected chi connectivity index (χ1v) is 4.52. The molecule has 0 amide bonds. The zero-order valence-corrected chi connectivity index (χ0v) is 6.47. The highest BCUT2D eigenvalue weighted by Crippen LogP contribution is 2.39. The van der Waals surface area contributed by atoms with E-state index in [1.165, 1.54) is 38.5 Å². The predicted octanol–water partition coefficient (Wildman–Crippen LogP) is 2.87. The standard InChI is InChI=1S/C10H15/c1-2-6-9(5-1)10-7-3-4-8-10/h1,9-10H,2-7H2. The second-order valence-corrected chi connectivity index (χ2v) is 3.56. The molecule has 0 spiro atoms. The highest BCUT2D eigenvalue weighted by atomic mass is 14.3. The molecule has 10 heavy (non-hydrogen) atoms. The molecular formula is C10H15. The van der Waals surface area contributed by atoms with Gasteiger partial charge in [0.25, 0.3) is 0 Å². The molecule has 0 heterocycles. The van der Waals surface area contributed by atoms with Crippen LogP contribution in [-0.4, -0.2) is 0 Å². The fourth-order valence-electron chi connectivity index (χ4n) is 2.26. The Hall–Kier alpha value is 0. The van der Waals surface area contributed by atoms with Crippen molar-refractivity contribution in [3.05, 3.63) is 12.8 Å². The molecule has 0 aromatic rings. The van der Waals surface area contributed by atoms with Crippen LogP contribution < -0.4 is 0 Å². The number of hydrogen-bond acceptors (Lipinski definition) is 0. The maximum atomic E-state index is 3.58. The normalized spacial score (nSPS) is 30.0. The minimum atomic E-state index is 0.874. The quantitative estimate of drug-likeness (QED) is 0.518. The summed E-state index contributed by atoms with van der Waals surface area (Å²) in [5.74, 6) is 1.86. The minimum absolute atomic E-state index is 0.874. The van der Waals surface area contributed by atoms with E-state index < -0.39 is 0 Å². The van der Waals surface area contributed by atoms with E-state index in [1.54, 1.807) is 0 Å². The van der Waals surface area contributed by atoms with Gasteiger partial charge < -0.3 is 0 Å². The van der Waals surface area contributed by atoms with Gasteiger partial charge in [-0.05, 0) is 56.8 Å². The smallest absolute Gasteiger partial charge is 0.0137 e. The Balaban J connectivity index is 1.85. The summed E-state index contributed by atoms with van der Waals surface area (Å²) in [6, 6.07) is 0. The molecule has 2 fully saturated rings. The number of hydrogen-bond donors (Lipinski definition) is 0. The molecule has 0 saturated heterocycles. The minimum Gasteiger partial charge on any atom is -0.0524 e. The van der Waals surface area contributed by atoms with Gasteiger partial charge in [-0.2, -0.15) is 0 Å². The molecule has 0 aliphatic heterocycles. The number of rotatable bonds is 1. The Morgan fingerprint density at radius 3 is 2.90 bits per heavy atom. The zero-order chi connectivity index (χ0) is 6.81. The topological polar surface area (TPSA) is 0 Å². The third-order valence-corrected chi connectivity index (χ3v) is 2.88. The lowest BCUT2D eigenvalue weighted by atomic mass is 9.90. The van der Waals surface area contributed by atoms with Crippen LogP contribution in [0.25, 0.3) is 0 Å². The van der Waals surface area contributed by atoms with E-state index in [0.717, 1.165) is 11.8 Å². The van der Waals surface area contributed by atoms with Crippen LogP contribution in [0.4, 0.5) is 0 Å². The summed E-state index contributed by atoms with van der Waals surface area (Å²) in [5, 5.41) is 0.